The first-order valence-electron chi connectivity index (χ1n) is 8.52. The molecule has 0 spiro atoms. The Balaban J connectivity index is 1.62. The normalized spacial score (nSPS) is 16.9. The standard InChI is InChI=1S/C19H31NO/c1-19(2,3)16-10-12-18(13-11-16)21-15-7-14-20-17-8-5-4-6-9-17/h10-13,17,20H,4-9,14-15H2,1-3H3. The molecule has 1 aliphatic carbocycles. The Labute approximate surface area is 130 Å². The van der Waals surface area contributed by atoms with Gasteiger partial charge in [-0.1, -0.05) is 52.2 Å². The zero-order valence-corrected chi connectivity index (χ0v) is 14.0. The molecule has 2 rings (SSSR count). The Hall–Kier alpha value is -1.02. The lowest BCUT2D eigenvalue weighted by Gasteiger charge is -2.22. The summed E-state index contributed by atoms with van der Waals surface area (Å²) in [6.07, 6.45) is 8.01. The molecule has 2 nitrogen and oxygen atoms in total. The van der Waals surface area contributed by atoms with Crippen molar-refractivity contribution >= 4 is 0 Å². The van der Waals surface area contributed by atoms with E-state index in [1.54, 1.807) is 0 Å². The summed E-state index contributed by atoms with van der Waals surface area (Å²) in [5, 5.41) is 3.66. The molecule has 1 aliphatic rings. The number of hydrogen-bond acceptors (Lipinski definition) is 2. The van der Waals surface area contributed by atoms with Crippen molar-refractivity contribution in [3.05, 3.63) is 29.8 Å². The maximum atomic E-state index is 5.82. The summed E-state index contributed by atoms with van der Waals surface area (Å²) >= 11 is 0. The molecule has 1 N–H and O–H groups in total. The van der Waals surface area contributed by atoms with Crippen molar-refractivity contribution in [1.29, 1.82) is 0 Å². The molecule has 1 aromatic carbocycles. The van der Waals surface area contributed by atoms with Crippen LogP contribution >= 0.6 is 0 Å². The fourth-order valence-corrected chi connectivity index (χ4v) is 2.93. The van der Waals surface area contributed by atoms with Gasteiger partial charge in [-0.15, -0.1) is 0 Å². The second kappa shape index (κ2) is 7.84. The second-order valence-electron chi connectivity index (χ2n) is 7.27. The third-order valence-electron chi connectivity index (χ3n) is 4.35. The van der Waals surface area contributed by atoms with Crippen molar-refractivity contribution in [2.75, 3.05) is 13.2 Å². The fourth-order valence-electron chi connectivity index (χ4n) is 2.93. The SMILES string of the molecule is CC(C)(C)c1ccc(OCCCNC2CCCCC2)cc1. The van der Waals surface area contributed by atoms with E-state index in [9.17, 15) is 0 Å². The molecule has 1 saturated carbocycles. The molecule has 0 amide bonds. The van der Waals surface area contributed by atoms with Crippen molar-refractivity contribution in [2.24, 2.45) is 0 Å². The van der Waals surface area contributed by atoms with E-state index in [1.165, 1.54) is 37.7 Å². The minimum Gasteiger partial charge on any atom is -0.494 e. The summed E-state index contributed by atoms with van der Waals surface area (Å²) < 4.78 is 5.82. The van der Waals surface area contributed by atoms with E-state index >= 15 is 0 Å². The first kappa shape index (κ1) is 16.4. The van der Waals surface area contributed by atoms with Gasteiger partial charge in [-0.2, -0.15) is 0 Å². The van der Waals surface area contributed by atoms with Gasteiger partial charge in [-0.05, 0) is 48.9 Å². The molecule has 0 aliphatic heterocycles. The summed E-state index contributed by atoms with van der Waals surface area (Å²) in [4.78, 5) is 0. The number of ether oxygens (including phenoxy) is 1. The van der Waals surface area contributed by atoms with Crippen LogP contribution in [0.3, 0.4) is 0 Å². The molecule has 0 unspecified atom stereocenters. The van der Waals surface area contributed by atoms with Gasteiger partial charge in [0.15, 0.2) is 0 Å². The Bertz CT molecular complexity index is 399. The third-order valence-corrected chi connectivity index (χ3v) is 4.35. The Morgan fingerprint density at radius 1 is 1.05 bits per heavy atom. The van der Waals surface area contributed by atoms with Crippen LogP contribution in [-0.4, -0.2) is 19.2 Å². The van der Waals surface area contributed by atoms with Gasteiger partial charge in [0.1, 0.15) is 5.75 Å². The van der Waals surface area contributed by atoms with E-state index < -0.39 is 0 Å². The van der Waals surface area contributed by atoms with E-state index in [0.29, 0.717) is 0 Å². The molecule has 2 heteroatoms. The number of nitrogens with one attached hydrogen (secondary N) is 1. The van der Waals surface area contributed by atoms with Crippen molar-refractivity contribution in [3.63, 3.8) is 0 Å². The largest absolute Gasteiger partial charge is 0.494 e. The maximum absolute atomic E-state index is 5.82. The minimum atomic E-state index is 0.211. The summed E-state index contributed by atoms with van der Waals surface area (Å²) in [7, 11) is 0. The molecule has 0 heterocycles. The van der Waals surface area contributed by atoms with Gasteiger partial charge >= 0.3 is 0 Å². The predicted octanol–water partition coefficient (Wildman–Crippen LogP) is 4.68. The first-order valence-corrected chi connectivity index (χ1v) is 8.52. The maximum Gasteiger partial charge on any atom is 0.119 e. The molecule has 118 valence electrons. The first-order chi connectivity index (χ1) is 10.1. The van der Waals surface area contributed by atoms with E-state index in [1.807, 2.05) is 0 Å². The molecule has 0 radical (unpaired) electrons. The lowest BCUT2D eigenvalue weighted by atomic mass is 9.87. The predicted molar refractivity (Wildman–Crippen MR) is 90.1 cm³/mol. The third kappa shape index (κ3) is 5.70. The molecule has 0 aromatic heterocycles. The van der Waals surface area contributed by atoms with Crippen LogP contribution in [0.15, 0.2) is 24.3 Å². The summed E-state index contributed by atoms with van der Waals surface area (Å²) in [6.45, 7) is 8.58. The number of rotatable bonds is 6. The van der Waals surface area contributed by atoms with Crippen LogP contribution in [0.2, 0.25) is 0 Å². The average molecular weight is 289 g/mol. The Morgan fingerprint density at radius 3 is 2.33 bits per heavy atom. The van der Waals surface area contributed by atoms with Gasteiger partial charge in [0, 0.05) is 6.04 Å². The van der Waals surface area contributed by atoms with Gasteiger partial charge < -0.3 is 10.1 Å². The molecular weight excluding hydrogens is 258 g/mol. The number of hydrogen-bond donors (Lipinski definition) is 1. The fraction of sp³-hybridized carbons (Fsp3) is 0.684. The quantitative estimate of drug-likeness (QED) is 0.768. The lowest BCUT2D eigenvalue weighted by molar-refractivity contribution is 0.296. The zero-order valence-electron chi connectivity index (χ0n) is 14.0. The van der Waals surface area contributed by atoms with Crippen molar-refractivity contribution in [1.82, 2.24) is 5.32 Å². The molecule has 1 fully saturated rings. The second-order valence-corrected chi connectivity index (χ2v) is 7.27. The zero-order chi connectivity index (χ0) is 15.1. The highest BCUT2D eigenvalue weighted by atomic mass is 16.5. The molecular formula is C19H31NO. The molecule has 0 bridgehead atoms. The van der Waals surface area contributed by atoms with Gasteiger partial charge in [-0.25, -0.2) is 0 Å². The summed E-state index contributed by atoms with van der Waals surface area (Å²) in [5.74, 6) is 0.987. The van der Waals surface area contributed by atoms with Crippen molar-refractivity contribution < 1.29 is 4.74 Å². The Morgan fingerprint density at radius 2 is 1.71 bits per heavy atom. The van der Waals surface area contributed by atoms with E-state index in [-0.39, 0.29) is 5.41 Å². The summed E-state index contributed by atoms with van der Waals surface area (Å²) in [5.41, 5.74) is 1.57. The van der Waals surface area contributed by atoms with Crippen LogP contribution in [0.4, 0.5) is 0 Å². The van der Waals surface area contributed by atoms with Crippen molar-refractivity contribution in [3.8, 4) is 5.75 Å². The van der Waals surface area contributed by atoms with E-state index in [4.69, 9.17) is 4.74 Å². The molecule has 0 saturated heterocycles. The highest BCUT2D eigenvalue weighted by Gasteiger charge is 2.13. The molecule has 0 atom stereocenters. The lowest BCUT2D eigenvalue weighted by Crippen LogP contribution is -2.32. The summed E-state index contributed by atoms with van der Waals surface area (Å²) in [6, 6.07) is 9.29. The van der Waals surface area contributed by atoms with E-state index in [0.717, 1.165) is 31.4 Å². The number of benzene rings is 1. The van der Waals surface area contributed by atoms with Gasteiger partial charge in [0.25, 0.3) is 0 Å². The van der Waals surface area contributed by atoms with Gasteiger partial charge in [0.05, 0.1) is 6.61 Å². The topological polar surface area (TPSA) is 21.3 Å². The van der Waals surface area contributed by atoms with Gasteiger partial charge in [-0.3, -0.25) is 0 Å². The van der Waals surface area contributed by atoms with Crippen LogP contribution in [0.1, 0.15) is 64.9 Å². The van der Waals surface area contributed by atoms with Crippen molar-refractivity contribution in [2.45, 2.75) is 70.8 Å². The monoisotopic (exact) mass is 289 g/mol. The minimum absolute atomic E-state index is 0.211. The molecule has 1 aromatic rings. The average Bonchev–Trinajstić information content (AvgIpc) is 2.47. The van der Waals surface area contributed by atoms with Crippen LogP contribution < -0.4 is 10.1 Å². The highest BCUT2D eigenvalue weighted by Crippen LogP contribution is 2.24. The van der Waals surface area contributed by atoms with Crippen LogP contribution in [0.5, 0.6) is 5.75 Å². The van der Waals surface area contributed by atoms with Crippen LogP contribution in [0.25, 0.3) is 0 Å². The van der Waals surface area contributed by atoms with Crippen LogP contribution in [-0.2, 0) is 5.41 Å². The molecule has 21 heavy (non-hydrogen) atoms. The smallest absolute Gasteiger partial charge is 0.119 e. The van der Waals surface area contributed by atoms with E-state index in [2.05, 4.69) is 50.4 Å². The Kier molecular flexibility index (Phi) is 6.10. The van der Waals surface area contributed by atoms with Gasteiger partial charge in [0.2, 0.25) is 0 Å². The van der Waals surface area contributed by atoms with Crippen LogP contribution in [0, 0.1) is 0 Å². The highest BCUT2D eigenvalue weighted by molar-refractivity contribution is 5.31.